The topological polar surface area (TPSA) is 115 Å². The van der Waals surface area contributed by atoms with Crippen LogP contribution < -0.4 is 0 Å². The molecule has 2 N–H and O–H groups in total. The normalized spacial score (nSPS) is 19.3. The summed E-state index contributed by atoms with van der Waals surface area (Å²) in [6.45, 7) is 0.787. The molecule has 0 aliphatic carbocycles. The van der Waals surface area contributed by atoms with Gasteiger partial charge in [0.15, 0.2) is 0 Å². The number of carboxylic acids is 1. The van der Waals surface area contributed by atoms with Gasteiger partial charge in [-0.05, 0) is 0 Å². The number of rotatable bonds is 10. The Kier molecular flexibility index (Phi) is 6.58. The molecule has 0 saturated carbocycles. The molecule has 1 fully saturated rings. The van der Waals surface area contributed by atoms with E-state index in [0.717, 1.165) is 0 Å². The molecule has 8 heteroatoms. The zero-order valence-electron chi connectivity index (χ0n) is 9.74. The summed E-state index contributed by atoms with van der Waals surface area (Å²) < 4.78 is 19.4. The van der Waals surface area contributed by atoms with E-state index in [4.69, 9.17) is 19.3 Å². The average Bonchev–Trinajstić information content (AvgIpc) is 3.09. The molecule has 0 amide bonds. The molecule has 104 valence electrons. The van der Waals surface area contributed by atoms with Crippen molar-refractivity contribution in [3.8, 4) is 0 Å². The molecule has 0 radical (unpaired) electrons. The van der Waals surface area contributed by atoms with Gasteiger partial charge in [0.1, 0.15) is 32.0 Å². The molecule has 0 aromatic heterocycles. The number of hydrogen-bond donors (Lipinski definition) is 2. The van der Waals surface area contributed by atoms with E-state index in [1.54, 1.807) is 0 Å². The van der Waals surface area contributed by atoms with Crippen LogP contribution in [0.15, 0.2) is 0 Å². The smallest absolute Gasteiger partial charge is 0.317 e. The zero-order valence-corrected chi connectivity index (χ0v) is 9.74. The van der Waals surface area contributed by atoms with Crippen molar-refractivity contribution in [1.29, 1.82) is 0 Å². The van der Waals surface area contributed by atoms with Gasteiger partial charge in [-0.3, -0.25) is 9.59 Å². The van der Waals surface area contributed by atoms with Crippen LogP contribution >= 0.6 is 0 Å². The van der Waals surface area contributed by atoms with Crippen molar-refractivity contribution in [2.45, 2.75) is 18.6 Å². The molecule has 0 aromatic carbocycles. The Balaban J connectivity index is 1.90. The van der Waals surface area contributed by atoms with Crippen molar-refractivity contribution in [2.24, 2.45) is 0 Å². The molecular weight excluding hydrogens is 248 g/mol. The Labute approximate surface area is 103 Å². The first-order chi connectivity index (χ1) is 8.58. The highest BCUT2D eigenvalue weighted by Gasteiger charge is 2.22. The predicted molar refractivity (Wildman–Crippen MR) is 55.7 cm³/mol. The van der Waals surface area contributed by atoms with Gasteiger partial charge in [-0.25, -0.2) is 0 Å². The van der Waals surface area contributed by atoms with E-state index in [0.29, 0.717) is 13.2 Å². The number of carbonyl (C=O) groups excluding carboxylic acids is 1. The summed E-state index contributed by atoms with van der Waals surface area (Å²) in [7, 11) is 0. The number of hydrogen-bond acceptors (Lipinski definition) is 7. The van der Waals surface area contributed by atoms with Gasteiger partial charge in [-0.1, -0.05) is 0 Å². The van der Waals surface area contributed by atoms with Crippen molar-refractivity contribution >= 4 is 11.9 Å². The maximum Gasteiger partial charge on any atom is 0.317 e. The molecule has 0 bridgehead atoms. The lowest BCUT2D eigenvalue weighted by molar-refractivity contribution is -0.155. The van der Waals surface area contributed by atoms with Gasteiger partial charge >= 0.3 is 11.9 Å². The summed E-state index contributed by atoms with van der Waals surface area (Å²) in [6.07, 6.45) is -1.59. The quantitative estimate of drug-likeness (QED) is 0.165. The third-order valence-electron chi connectivity index (χ3n) is 1.92. The molecule has 1 aliphatic heterocycles. The average molecular weight is 264 g/mol. The molecular formula is C10H16O8. The second-order valence-electron chi connectivity index (χ2n) is 3.72. The SMILES string of the molecule is O=C(O)CC(=O)OCC(O)COCOCC1CO1. The molecule has 1 aliphatic rings. The second kappa shape index (κ2) is 7.98. The number of aliphatic hydroxyl groups is 1. The van der Waals surface area contributed by atoms with Crippen molar-refractivity contribution < 1.29 is 38.7 Å². The summed E-state index contributed by atoms with van der Waals surface area (Å²) in [5.41, 5.74) is 0. The molecule has 1 saturated heterocycles. The highest BCUT2D eigenvalue weighted by atomic mass is 16.7. The molecule has 2 atom stereocenters. The lowest BCUT2D eigenvalue weighted by atomic mass is 10.4. The van der Waals surface area contributed by atoms with Crippen LogP contribution in [0.1, 0.15) is 6.42 Å². The van der Waals surface area contributed by atoms with Crippen molar-refractivity contribution in [3.63, 3.8) is 0 Å². The minimum Gasteiger partial charge on any atom is -0.481 e. The van der Waals surface area contributed by atoms with Crippen LogP contribution in [-0.2, 0) is 28.5 Å². The maximum atomic E-state index is 10.8. The van der Waals surface area contributed by atoms with Gasteiger partial charge in [0.05, 0.1) is 19.8 Å². The zero-order chi connectivity index (χ0) is 13.4. The first-order valence-electron chi connectivity index (χ1n) is 5.40. The van der Waals surface area contributed by atoms with Crippen molar-refractivity contribution in [1.82, 2.24) is 0 Å². The number of esters is 1. The summed E-state index contributed by atoms with van der Waals surface area (Å²) >= 11 is 0. The Morgan fingerprint density at radius 3 is 2.67 bits per heavy atom. The molecule has 2 unspecified atom stereocenters. The third-order valence-corrected chi connectivity index (χ3v) is 1.92. The van der Waals surface area contributed by atoms with E-state index >= 15 is 0 Å². The van der Waals surface area contributed by atoms with E-state index < -0.39 is 24.5 Å². The standard InChI is InChI=1S/C10H16O8/c11-7(3-18-10(14)1-9(12)13)2-15-6-16-4-8-5-17-8/h7-8,11H,1-6H2,(H,12,13). The van der Waals surface area contributed by atoms with E-state index in [-0.39, 0.29) is 26.1 Å². The fourth-order valence-corrected chi connectivity index (χ4v) is 0.999. The van der Waals surface area contributed by atoms with E-state index in [1.807, 2.05) is 0 Å². The van der Waals surface area contributed by atoms with Gasteiger partial charge in [-0.15, -0.1) is 0 Å². The molecule has 0 spiro atoms. The van der Waals surface area contributed by atoms with E-state index in [9.17, 15) is 14.7 Å². The highest BCUT2D eigenvalue weighted by Crippen LogP contribution is 2.08. The first kappa shape index (κ1) is 14.8. The molecule has 1 heterocycles. The molecule has 1 rings (SSSR count). The van der Waals surface area contributed by atoms with E-state index in [1.165, 1.54) is 0 Å². The van der Waals surface area contributed by atoms with Gasteiger partial charge < -0.3 is 29.2 Å². The Bertz CT molecular complexity index is 275. The third kappa shape index (κ3) is 7.96. The fourth-order valence-electron chi connectivity index (χ4n) is 0.999. The predicted octanol–water partition coefficient (Wildman–Crippen LogP) is -1.25. The van der Waals surface area contributed by atoms with Crippen molar-refractivity contribution in [2.75, 3.05) is 33.2 Å². The number of aliphatic hydroxyl groups excluding tert-OH is 1. The number of carboxylic acid groups (broad SMARTS) is 1. The molecule has 0 aromatic rings. The number of aliphatic carboxylic acids is 1. The first-order valence-corrected chi connectivity index (χ1v) is 5.40. The number of epoxide rings is 1. The number of carbonyl (C=O) groups is 2. The maximum absolute atomic E-state index is 10.8. The molecule has 18 heavy (non-hydrogen) atoms. The van der Waals surface area contributed by atoms with Gasteiger partial charge in [0.25, 0.3) is 0 Å². The summed E-state index contributed by atoms with van der Waals surface area (Å²) in [5.74, 6) is -2.18. The summed E-state index contributed by atoms with van der Waals surface area (Å²) in [4.78, 5) is 21.0. The van der Waals surface area contributed by atoms with Gasteiger partial charge in [0.2, 0.25) is 0 Å². The van der Waals surface area contributed by atoms with Crippen LogP contribution in [0.5, 0.6) is 0 Å². The summed E-state index contributed by atoms with van der Waals surface area (Å²) in [6, 6.07) is 0. The van der Waals surface area contributed by atoms with Gasteiger partial charge in [-0.2, -0.15) is 0 Å². The largest absolute Gasteiger partial charge is 0.481 e. The Hall–Kier alpha value is -1.22. The lowest BCUT2D eigenvalue weighted by Crippen LogP contribution is -2.25. The second-order valence-corrected chi connectivity index (χ2v) is 3.72. The minimum atomic E-state index is -1.28. The summed E-state index contributed by atoms with van der Waals surface area (Å²) in [5, 5.41) is 17.6. The van der Waals surface area contributed by atoms with E-state index in [2.05, 4.69) is 4.74 Å². The van der Waals surface area contributed by atoms with Crippen LogP contribution in [-0.4, -0.2) is 67.6 Å². The van der Waals surface area contributed by atoms with Crippen molar-refractivity contribution in [3.05, 3.63) is 0 Å². The monoisotopic (exact) mass is 264 g/mol. The van der Waals surface area contributed by atoms with Crippen LogP contribution in [0.25, 0.3) is 0 Å². The molecule has 8 nitrogen and oxygen atoms in total. The van der Waals surface area contributed by atoms with Crippen LogP contribution in [0.4, 0.5) is 0 Å². The fraction of sp³-hybridized carbons (Fsp3) is 0.800. The Morgan fingerprint density at radius 1 is 1.33 bits per heavy atom. The van der Waals surface area contributed by atoms with Gasteiger partial charge in [0, 0.05) is 0 Å². The van der Waals surface area contributed by atoms with Crippen LogP contribution in [0.3, 0.4) is 0 Å². The Morgan fingerprint density at radius 2 is 2.06 bits per heavy atom. The minimum absolute atomic E-state index is 0.0139. The highest BCUT2D eigenvalue weighted by molar-refractivity contribution is 5.90. The van der Waals surface area contributed by atoms with Crippen LogP contribution in [0.2, 0.25) is 0 Å². The lowest BCUT2D eigenvalue weighted by Gasteiger charge is -2.11. The van der Waals surface area contributed by atoms with Crippen LogP contribution in [0, 0.1) is 0 Å². The number of ether oxygens (including phenoxy) is 4.